The van der Waals surface area contributed by atoms with Gasteiger partial charge in [0, 0.05) is 17.7 Å². The minimum atomic E-state index is -0.214. The zero-order valence-electron chi connectivity index (χ0n) is 22.2. The average molecular weight is 516 g/mol. The highest BCUT2D eigenvalue weighted by atomic mass is 32.2. The van der Waals surface area contributed by atoms with Gasteiger partial charge in [0.05, 0.1) is 29.0 Å². The molecule has 0 aliphatic carbocycles. The zero-order chi connectivity index (χ0) is 26.6. The maximum Gasteiger partial charge on any atom is 0.250 e. The number of aromatic nitrogens is 5. The highest BCUT2D eigenvalue weighted by molar-refractivity contribution is 7.99. The normalized spacial score (nSPS) is 11.8. The molecule has 2 heterocycles. The van der Waals surface area contributed by atoms with Crippen LogP contribution in [-0.4, -0.2) is 42.4 Å². The summed E-state index contributed by atoms with van der Waals surface area (Å²) in [6.45, 7) is 13.2. The lowest BCUT2D eigenvalue weighted by molar-refractivity contribution is -0.118. The summed E-state index contributed by atoms with van der Waals surface area (Å²) in [6, 6.07) is 18.4. The Morgan fingerprint density at radius 3 is 2.41 bits per heavy atom. The van der Waals surface area contributed by atoms with Gasteiger partial charge in [-0.3, -0.25) is 4.79 Å². The van der Waals surface area contributed by atoms with Crippen LogP contribution in [0.5, 0.6) is 0 Å². The Morgan fingerprint density at radius 2 is 1.76 bits per heavy atom. The predicted octanol–water partition coefficient (Wildman–Crippen LogP) is 5.31. The summed E-state index contributed by atoms with van der Waals surface area (Å²) in [7, 11) is 0. The molecule has 2 aromatic carbocycles. The molecule has 37 heavy (non-hydrogen) atoms. The second kappa shape index (κ2) is 11.1. The van der Waals surface area contributed by atoms with E-state index in [1.165, 1.54) is 17.3 Å². The summed E-state index contributed by atoms with van der Waals surface area (Å²) in [5.74, 6) is 0.763. The molecule has 1 amide bonds. The van der Waals surface area contributed by atoms with Crippen molar-refractivity contribution < 1.29 is 4.79 Å². The fraction of sp³-hybridized carbons (Fsp3) is 0.321. The first-order chi connectivity index (χ1) is 17.7. The first-order valence-corrected chi connectivity index (χ1v) is 13.3. The fourth-order valence-corrected chi connectivity index (χ4v) is 4.80. The molecule has 0 saturated heterocycles. The van der Waals surface area contributed by atoms with E-state index in [1.54, 1.807) is 6.21 Å². The van der Waals surface area contributed by atoms with Gasteiger partial charge < -0.3 is 4.57 Å². The van der Waals surface area contributed by atoms with Crippen molar-refractivity contribution in [3.63, 3.8) is 0 Å². The highest BCUT2D eigenvalue weighted by Crippen LogP contribution is 2.27. The Morgan fingerprint density at radius 1 is 1.05 bits per heavy atom. The van der Waals surface area contributed by atoms with Crippen molar-refractivity contribution >= 4 is 23.9 Å². The number of hydrogen-bond donors (Lipinski definition) is 1. The molecule has 0 bridgehead atoms. The molecular formula is C28H33N7OS. The molecule has 4 aromatic rings. The van der Waals surface area contributed by atoms with Crippen LogP contribution in [0.2, 0.25) is 0 Å². The lowest BCUT2D eigenvalue weighted by Crippen LogP contribution is -2.20. The lowest BCUT2D eigenvalue weighted by atomic mass is 9.87. The Labute approximate surface area is 222 Å². The summed E-state index contributed by atoms with van der Waals surface area (Å²) < 4.78 is 3.90. The molecule has 192 valence electrons. The van der Waals surface area contributed by atoms with Gasteiger partial charge in [0.1, 0.15) is 0 Å². The Hall–Kier alpha value is -3.72. The monoisotopic (exact) mass is 515 g/mol. The van der Waals surface area contributed by atoms with Crippen LogP contribution in [0.15, 0.2) is 64.9 Å². The van der Waals surface area contributed by atoms with E-state index in [9.17, 15) is 4.79 Å². The van der Waals surface area contributed by atoms with Gasteiger partial charge in [-0.1, -0.05) is 75.0 Å². The van der Waals surface area contributed by atoms with Crippen LogP contribution in [0, 0.1) is 13.8 Å². The summed E-state index contributed by atoms with van der Waals surface area (Å²) in [5.41, 5.74) is 8.63. The molecule has 0 aliphatic heterocycles. The number of benzene rings is 2. The molecule has 0 aliphatic rings. The predicted molar refractivity (Wildman–Crippen MR) is 149 cm³/mol. The van der Waals surface area contributed by atoms with Crippen LogP contribution in [-0.2, 0) is 16.8 Å². The van der Waals surface area contributed by atoms with Crippen molar-refractivity contribution in [1.82, 2.24) is 30.0 Å². The van der Waals surface area contributed by atoms with Gasteiger partial charge in [0.2, 0.25) is 0 Å². The second-order valence-electron chi connectivity index (χ2n) is 9.79. The number of hydrazone groups is 1. The average Bonchev–Trinajstić information content (AvgIpc) is 3.43. The third-order valence-corrected chi connectivity index (χ3v) is 7.07. The van der Waals surface area contributed by atoms with Gasteiger partial charge in [-0.05, 0) is 43.9 Å². The van der Waals surface area contributed by atoms with Crippen LogP contribution >= 0.6 is 11.8 Å². The van der Waals surface area contributed by atoms with Gasteiger partial charge in [0.15, 0.2) is 11.0 Å². The van der Waals surface area contributed by atoms with Crippen LogP contribution in [0.3, 0.4) is 0 Å². The SMILES string of the molecule is CCn1c(SCC(=O)NN=Cc2c(C)nn(-c3ccccc3)c2C)nnc1-c1ccc(C(C)(C)C)cc1. The van der Waals surface area contributed by atoms with E-state index < -0.39 is 0 Å². The summed E-state index contributed by atoms with van der Waals surface area (Å²) in [5, 5.41) is 18.2. The molecule has 0 unspecified atom stereocenters. The van der Waals surface area contributed by atoms with E-state index >= 15 is 0 Å². The third-order valence-electron chi connectivity index (χ3n) is 6.11. The van der Waals surface area contributed by atoms with Gasteiger partial charge >= 0.3 is 0 Å². The van der Waals surface area contributed by atoms with E-state index in [4.69, 9.17) is 0 Å². The molecule has 4 rings (SSSR count). The zero-order valence-corrected chi connectivity index (χ0v) is 23.0. The number of para-hydroxylation sites is 1. The van der Waals surface area contributed by atoms with Gasteiger partial charge in [0.25, 0.3) is 5.91 Å². The van der Waals surface area contributed by atoms with Gasteiger partial charge in [-0.25, -0.2) is 10.1 Å². The number of amides is 1. The van der Waals surface area contributed by atoms with E-state index in [-0.39, 0.29) is 17.1 Å². The number of carbonyl (C=O) groups is 1. The summed E-state index contributed by atoms with van der Waals surface area (Å²) >= 11 is 1.34. The Bertz CT molecular complexity index is 1400. The lowest BCUT2D eigenvalue weighted by Gasteiger charge is -2.19. The summed E-state index contributed by atoms with van der Waals surface area (Å²) in [4.78, 5) is 12.5. The summed E-state index contributed by atoms with van der Waals surface area (Å²) in [6.07, 6.45) is 1.65. The standard InChI is InChI=1S/C28H33N7OS/c1-7-34-26(21-13-15-22(16-14-21)28(4,5)6)31-32-27(34)37-18-25(36)30-29-17-24-19(2)33-35(20(24)3)23-11-9-8-10-12-23/h8-17H,7,18H2,1-6H3,(H,30,36). The van der Waals surface area contributed by atoms with Crippen LogP contribution < -0.4 is 5.43 Å². The Balaban J connectivity index is 1.38. The third kappa shape index (κ3) is 5.99. The van der Waals surface area contributed by atoms with E-state index in [0.29, 0.717) is 11.7 Å². The first-order valence-electron chi connectivity index (χ1n) is 12.3. The van der Waals surface area contributed by atoms with Crippen LogP contribution in [0.25, 0.3) is 17.1 Å². The molecule has 9 heteroatoms. The molecule has 2 aromatic heterocycles. The molecule has 1 N–H and O–H groups in total. The maximum atomic E-state index is 12.5. The van der Waals surface area contributed by atoms with Crippen molar-refractivity contribution in [2.24, 2.45) is 5.10 Å². The molecule has 0 spiro atoms. The molecule has 0 radical (unpaired) electrons. The van der Waals surface area contributed by atoms with Crippen molar-refractivity contribution in [2.45, 2.75) is 58.7 Å². The minimum absolute atomic E-state index is 0.0909. The van der Waals surface area contributed by atoms with Crippen molar-refractivity contribution in [3.8, 4) is 17.1 Å². The van der Waals surface area contributed by atoms with Gasteiger partial charge in [-0.2, -0.15) is 10.2 Å². The number of nitrogens with zero attached hydrogens (tertiary/aromatic N) is 6. The maximum absolute atomic E-state index is 12.5. The number of aryl methyl sites for hydroxylation is 1. The Kier molecular flexibility index (Phi) is 7.92. The first kappa shape index (κ1) is 26.3. The van der Waals surface area contributed by atoms with Crippen molar-refractivity contribution in [1.29, 1.82) is 0 Å². The van der Waals surface area contributed by atoms with E-state index in [0.717, 1.165) is 34.0 Å². The van der Waals surface area contributed by atoms with Crippen molar-refractivity contribution in [2.75, 3.05) is 5.75 Å². The number of carbonyl (C=O) groups excluding carboxylic acids is 1. The van der Waals surface area contributed by atoms with Gasteiger partial charge in [-0.15, -0.1) is 10.2 Å². The van der Waals surface area contributed by atoms with Crippen molar-refractivity contribution in [3.05, 3.63) is 77.1 Å². The largest absolute Gasteiger partial charge is 0.302 e. The van der Waals surface area contributed by atoms with E-state index in [1.807, 2.05) is 60.4 Å². The number of nitrogens with one attached hydrogen (secondary N) is 1. The van der Waals surface area contributed by atoms with Crippen LogP contribution in [0.4, 0.5) is 0 Å². The minimum Gasteiger partial charge on any atom is -0.302 e. The highest BCUT2D eigenvalue weighted by Gasteiger charge is 2.17. The molecular weight excluding hydrogens is 482 g/mol. The second-order valence-corrected chi connectivity index (χ2v) is 10.7. The number of thioether (sulfide) groups is 1. The van der Waals surface area contributed by atoms with E-state index in [2.05, 4.69) is 70.9 Å². The molecule has 0 atom stereocenters. The smallest absolute Gasteiger partial charge is 0.250 e. The topological polar surface area (TPSA) is 90.0 Å². The molecule has 0 saturated carbocycles. The fourth-order valence-electron chi connectivity index (χ4n) is 4.01. The number of rotatable bonds is 8. The quantitative estimate of drug-likeness (QED) is 0.195. The molecule has 0 fully saturated rings. The van der Waals surface area contributed by atoms with Crippen LogP contribution in [0.1, 0.15) is 50.2 Å². The molecule has 8 nitrogen and oxygen atoms in total. The number of hydrogen-bond acceptors (Lipinski definition) is 6.